The van der Waals surface area contributed by atoms with E-state index in [1.165, 1.54) is 32.1 Å². The first-order valence-electron chi connectivity index (χ1n) is 10.3. The predicted molar refractivity (Wildman–Crippen MR) is 109 cm³/mol. The molecule has 2 aliphatic rings. The molecule has 2 amide bonds. The van der Waals surface area contributed by atoms with Crippen molar-refractivity contribution in [3.05, 3.63) is 16.6 Å². The quantitative estimate of drug-likeness (QED) is 0.711. The average Bonchev–Trinajstić information content (AvgIpc) is 3.24. The molecule has 2 saturated carbocycles. The molecule has 0 unspecified atom stereocenters. The number of carbonyl (C=O) groups excluding carboxylic acids is 1. The first-order chi connectivity index (χ1) is 13.5. The second-order valence-electron chi connectivity index (χ2n) is 8.12. The van der Waals surface area contributed by atoms with Crippen LogP contribution in [-0.2, 0) is 0 Å². The summed E-state index contributed by atoms with van der Waals surface area (Å²) >= 11 is 1.54. The number of nitrogens with zero attached hydrogens (tertiary/aromatic N) is 2. The van der Waals surface area contributed by atoms with Gasteiger partial charge in [-0.3, -0.25) is 9.48 Å². The second kappa shape index (κ2) is 8.11. The van der Waals surface area contributed by atoms with Gasteiger partial charge in [0.1, 0.15) is 4.83 Å². The Labute approximate surface area is 168 Å². The molecule has 0 spiro atoms. The van der Waals surface area contributed by atoms with E-state index in [2.05, 4.69) is 15.3 Å². The van der Waals surface area contributed by atoms with Gasteiger partial charge in [-0.2, -0.15) is 5.10 Å². The highest BCUT2D eigenvalue weighted by atomic mass is 32.1. The van der Waals surface area contributed by atoms with Gasteiger partial charge in [-0.25, -0.2) is 4.79 Å². The van der Waals surface area contributed by atoms with Crippen LogP contribution in [0.2, 0.25) is 0 Å². The molecule has 0 bridgehead atoms. The Bertz CT molecular complexity index is 860. The number of carbonyl (C=O) groups is 2. The average molecular weight is 405 g/mol. The third-order valence-corrected chi connectivity index (χ3v) is 7.23. The number of thiophene rings is 1. The van der Waals surface area contributed by atoms with Gasteiger partial charge in [0.25, 0.3) is 5.91 Å². The summed E-state index contributed by atoms with van der Waals surface area (Å²) in [7, 11) is 0. The van der Waals surface area contributed by atoms with E-state index < -0.39 is 6.09 Å². The maximum atomic E-state index is 12.8. The molecule has 8 heteroatoms. The number of fused-ring (bicyclic) bond motifs is 1. The maximum Gasteiger partial charge on any atom is 0.404 e. The van der Waals surface area contributed by atoms with Crippen LogP contribution >= 0.6 is 11.3 Å². The van der Waals surface area contributed by atoms with E-state index in [1.807, 2.05) is 13.0 Å². The standard InChI is InChI=1S/C20H28N4O3S/c1-12-16-11-17(28-19(16)24(23-12)15-5-3-2-4-6-15)18(25)21-13-7-9-14(10-8-13)22-20(26)27/h11,13-15,22H,2-10H2,1H3,(H,21,25)(H,26,27)/t13-,14-. The van der Waals surface area contributed by atoms with Crippen molar-refractivity contribution in [1.82, 2.24) is 20.4 Å². The normalized spacial score (nSPS) is 23.6. The lowest BCUT2D eigenvalue weighted by Gasteiger charge is -2.28. The van der Waals surface area contributed by atoms with Gasteiger partial charge >= 0.3 is 6.09 Å². The van der Waals surface area contributed by atoms with Crippen LogP contribution in [0.1, 0.15) is 79.2 Å². The largest absolute Gasteiger partial charge is 0.465 e. The molecule has 2 aliphatic carbocycles. The fourth-order valence-corrected chi connectivity index (χ4v) is 5.71. The lowest BCUT2D eigenvalue weighted by molar-refractivity contribution is 0.0927. The minimum Gasteiger partial charge on any atom is -0.465 e. The summed E-state index contributed by atoms with van der Waals surface area (Å²) in [5.74, 6) is -0.0227. The number of hydrogen-bond donors (Lipinski definition) is 3. The molecule has 0 aliphatic heterocycles. The van der Waals surface area contributed by atoms with Crippen molar-refractivity contribution in [2.45, 2.75) is 82.8 Å². The lowest BCUT2D eigenvalue weighted by Crippen LogP contribution is -2.43. The Morgan fingerprint density at radius 1 is 1.07 bits per heavy atom. The SMILES string of the molecule is Cc1nn(C2CCCCC2)c2sc(C(=O)N[C@H]3CC[C@H](NC(=O)O)CC3)cc12. The first kappa shape index (κ1) is 19.2. The Morgan fingerprint density at radius 2 is 1.71 bits per heavy atom. The molecule has 0 atom stereocenters. The summed E-state index contributed by atoms with van der Waals surface area (Å²) in [5.41, 5.74) is 0.996. The lowest BCUT2D eigenvalue weighted by atomic mass is 9.91. The third-order valence-electron chi connectivity index (χ3n) is 6.10. The van der Waals surface area contributed by atoms with Gasteiger partial charge in [0.15, 0.2) is 0 Å². The molecule has 0 radical (unpaired) electrons. The molecule has 3 N–H and O–H groups in total. The van der Waals surface area contributed by atoms with Crippen LogP contribution in [0.15, 0.2) is 6.07 Å². The van der Waals surface area contributed by atoms with Crippen molar-refractivity contribution in [1.29, 1.82) is 0 Å². The number of rotatable bonds is 4. The molecule has 2 aromatic rings. The van der Waals surface area contributed by atoms with Crippen LogP contribution in [0.5, 0.6) is 0 Å². The van der Waals surface area contributed by atoms with E-state index in [0.717, 1.165) is 46.5 Å². The number of hydrogen-bond acceptors (Lipinski definition) is 4. The summed E-state index contributed by atoms with van der Waals surface area (Å²) < 4.78 is 2.16. The highest BCUT2D eigenvalue weighted by Crippen LogP contribution is 2.35. The van der Waals surface area contributed by atoms with Gasteiger partial charge in [0, 0.05) is 17.5 Å². The molecular formula is C20H28N4O3S. The van der Waals surface area contributed by atoms with E-state index in [4.69, 9.17) is 10.2 Å². The minimum atomic E-state index is -0.972. The zero-order chi connectivity index (χ0) is 19.7. The number of amides is 2. The first-order valence-corrected chi connectivity index (χ1v) is 11.1. The smallest absolute Gasteiger partial charge is 0.404 e. The van der Waals surface area contributed by atoms with Gasteiger partial charge in [-0.15, -0.1) is 11.3 Å². The number of nitrogens with one attached hydrogen (secondary N) is 2. The summed E-state index contributed by atoms with van der Waals surface area (Å²) in [4.78, 5) is 25.4. The molecule has 0 aromatic carbocycles. The minimum absolute atomic E-state index is 0.000830. The molecule has 152 valence electrons. The van der Waals surface area contributed by atoms with Crippen LogP contribution < -0.4 is 10.6 Å². The predicted octanol–water partition coefficient (Wildman–Crippen LogP) is 4.22. The summed E-state index contributed by atoms with van der Waals surface area (Å²) in [6.45, 7) is 2.02. The van der Waals surface area contributed by atoms with Gasteiger partial charge in [0.05, 0.1) is 16.6 Å². The monoisotopic (exact) mass is 404 g/mol. The number of aryl methyl sites for hydroxylation is 1. The van der Waals surface area contributed by atoms with Crippen molar-refractivity contribution < 1.29 is 14.7 Å². The van der Waals surface area contributed by atoms with Crippen molar-refractivity contribution in [2.75, 3.05) is 0 Å². The van der Waals surface area contributed by atoms with Crippen LogP contribution in [0.25, 0.3) is 10.2 Å². The Kier molecular flexibility index (Phi) is 5.57. The second-order valence-corrected chi connectivity index (χ2v) is 9.15. The van der Waals surface area contributed by atoms with E-state index >= 15 is 0 Å². The van der Waals surface area contributed by atoms with Crippen LogP contribution in [0, 0.1) is 6.92 Å². The molecule has 28 heavy (non-hydrogen) atoms. The molecular weight excluding hydrogens is 376 g/mol. The molecule has 2 heterocycles. The summed E-state index contributed by atoms with van der Waals surface area (Å²) in [6, 6.07) is 2.55. The highest BCUT2D eigenvalue weighted by molar-refractivity contribution is 7.20. The Hall–Kier alpha value is -2.09. The van der Waals surface area contributed by atoms with Crippen molar-refractivity contribution >= 4 is 33.6 Å². The molecule has 4 rings (SSSR count). The van der Waals surface area contributed by atoms with E-state index in [0.29, 0.717) is 6.04 Å². The maximum absolute atomic E-state index is 12.8. The zero-order valence-corrected chi connectivity index (χ0v) is 17.1. The number of aromatic nitrogens is 2. The molecule has 0 saturated heterocycles. The molecule has 2 fully saturated rings. The topological polar surface area (TPSA) is 96.3 Å². The van der Waals surface area contributed by atoms with Crippen molar-refractivity contribution in [3.8, 4) is 0 Å². The van der Waals surface area contributed by atoms with Crippen molar-refractivity contribution in [3.63, 3.8) is 0 Å². The van der Waals surface area contributed by atoms with Gasteiger partial charge in [0.2, 0.25) is 0 Å². The Balaban J connectivity index is 1.43. The number of carboxylic acid groups (broad SMARTS) is 1. The van der Waals surface area contributed by atoms with E-state index in [9.17, 15) is 9.59 Å². The van der Waals surface area contributed by atoms with Crippen LogP contribution in [-0.4, -0.2) is 39.0 Å². The van der Waals surface area contributed by atoms with Crippen molar-refractivity contribution in [2.24, 2.45) is 0 Å². The Morgan fingerprint density at radius 3 is 2.36 bits per heavy atom. The van der Waals surface area contributed by atoms with Gasteiger partial charge in [-0.1, -0.05) is 19.3 Å². The summed E-state index contributed by atoms with van der Waals surface area (Å²) in [6.07, 6.45) is 8.31. The van der Waals surface area contributed by atoms with Crippen LogP contribution in [0.3, 0.4) is 0 Å². The van der Waals surface area contributed by atoms with Crippen LogP contribution in [0.4, 0.5) is 4.79 Å². The fraction of sp³-hybridized carbons (Fsp3) is 0.650. The van der Waals surface area contributed by atoms with E-state index in [-0.39, 0.29) is 18.0 Å². The summed E-state index contributed by atoms with van der Waals surface area (Å²) in [5, 5.41) is 20.4. The third kappa shape index (κ3) is 4.01. The molecule has 7 nitrogen and oxygen atoms in total. The zero-order valence-electron chi connectivity index (χ0n) is 16.2. The van der Waals surface area contributed by atoms with E-state index in [1.54, 1.807) is 11.3 Å². The van der Waals surface area contributed by atoms with Gasteiger partial charge in [-0.05, 0) is 51.5 Å². The molecule has 2 aromatic heterocycles. The van der Waals surface area contributed by atoms with Gasteiger partial charge < -0.3 is 15.7 Å². The fourth-order valence-electron chi connectivity index (χ4n) is 4.57. The highest BCUT2D eigenvalue weighted by Gasteiger charge is 2.26.